The van der Waals surface area contributed by atoms with Crippen LogP contribution in [0.5, 0.6) is 0 Å². The van der Waals surface area contributed by atoms with Crippen molar-refractivity contribution >= 4 is 28.9 Å². The molecule has 0 aliphatic carbocycles. The monoisotopic (exact) mass is 255 g/mol. The number of hydrogen-bond donors (Lipinski definition) is 2. The Hall–Kier alpha value is -0.620. The highest BCUT2D eigenvalue weighted by molar-refractivity contribution is 8.93. The first-order valence-corrected chi connectivity index (χ1v) is 3.60. The van der Waals surface area contributed by atoms with Crippen molar-refractivity contribution in [2.24, 2.45) is 11.7 Å². The number of ether oxygens (including phenoxy) is 1. The van der Waals surface area contributed by atoms with Crippen LogP contribution in [0.3, 0.4) is 0 Å². The van der Waals surface area contributed by atoms with Gasteiger partial charge < -0.3 is 15.6 Å². The Bertz CT molecular complexity index is 185. The van der Waals surface area contributed by atoms with Crippen LogP contribution in [0.1, 0.15) is 13.3 Å². The van der Waals surface area contributed by atoms with Crippen LogP contribution in [0.2, 0.25) is 0 Å². The minimum atomic E-state index is -1.19. The van der Waals surface area contributed by atoms with Crippen molar-refractivity contribution in [3.63, 3.8) is 0 Å². The van der Waals surface area contributed by atoms with E-state index in [4.69, 9.17) is 10.8 Å². The van der Waals surface area contributed by atoms with Crippen molar-refractivity contribution in [2.45, 2.75) is 19.4 Å². The molecule has 0 saturated carbocycles. The first-order valence-electron chi connectivity index (χ1n) is 3.60. The number of aliphatic carboxylic acids is 1. The fraction of sp³-hybridized carbons (Fsp3) is 0.714. The van der Waals surface area contributed by atoms with Gasteiger partial charge in [0.25, 0.3) is 0 Å². The van der Waals surface area contributed by atoms with Gasteiger partial charge in [-0.2, -0.15) is 0 Å². The van der Waals surface area contributed by atoms with Crippen molar-refractivity contribution in [2.75, 3.05) is 7.11 Å². The van der Waals surface area contributed by atoms with E-state index in [1.54, 1.807) is 6.92 Å². The Morgan fingerprint density at radius 2 is 2.00 bits per heavy atom. The molecule has 0 amide bonds. The van der Waals surface area contributed by atoms with Crippen molar-refractivity contribution in [3.8, 4) is 0 Å². The van der Waals surface area contributed by atoms with Crippen LogP contribution < -0.4 is 5.73 Å². The highest BCUT2D eigenvalue weighted by Crippen LogP contribution is 2.08. The Morgan fingerprint density at radius 1 is 1.54 bits per heavy atom. The SMILES string of the molecule is Br.CC[C@H](C(=O)OC)[C@H](N)C(=O)O. The highest BCUT2D eigenvalue weighted by atomic mass is 79.9. The van der Waals surface area contributed by atoms with Gasteiger partial charge >= 0.3 is 11.9 Å². The van der Waals surface area contributed by atoms with Gasteiger partial charge in [-0.05, 0) is 6.42 Å². The molecule has 0 fully saturated rings. The van der Waals surface area contributed by atoms with Crippen LogP contribution in [-0.4, -0.2) is 30.2 Å². The number of halogens is 1. The molecule has 0 saturated heterocycles. The molecule has 0 aliphatic heterocycles. The van der Waals surface area contributed by atoms with Crippen molar-refractivity contribution in [1.82, 2.24) is 0 Å². The second kappa shape index (κ2) is 6.85. The molecule has 0 aromatic carbocycles. The summed E-state index contributed by atoms with van der Waals surface area (Å²) in [6.45, 7) is 1.68. The number of esters is 1. The van der Waals surface area contributed by atoms with Crippen molar-refractivity contribution in [1.29, 1.82) is 0 Å². The first kappa shape index (κ1) is 14.9. The molecule has 0 heterocycles. The number of nitrogens with two attached hydrogens (primary N) is 1. The average Bonchev–Trinajstić information content (AvgIpc) is 2.05. The Balaban J connectivity index is 0. The van der Waals surface area contributed by atoms with Gasteiger partial charge in [0.05, 0.1) is 13.0 Å². The van der Waals surface area contributed by atoms with E-state index >= 15 is 0 Å². The normalized spacial score (nSPS) is 13.8. The zero-order chi connectivity index (χ0) is 9.72. The number of carbonyl (C=O) groups is 2. The van der Waals surface area contributed by atoms with E-state index in [1.807, 2.05) is 0 Å². The molecule has 3 N–H and O–H groups in total. The molecule has 0 aromatic rings. The zero-order valence-corrected chi connectivity index (χ0v) is 9.23. The molecule has 5 nitrogen and oxygen atoms in total. The van der Waals surface area contributed by atoms with E-state index in [-0.39, 0.29) is 17.0 Å². The number of rotatable bonds is 4. The summed E-state index contributed by atoms with van der Waals surface area (Å²) in [7, 11) is 1.21. The number of hydrogen-bond acceptors (Lipinski definition) is 4. The predicted octanol–water partition coefficient (Wildman–Crippen LogP) is 0.175. The third kappa shape index (κ3) is 4.23. The molecule has 0 rings (SSSR count). The summed E-state index contributed by atoms with van der Waals surface area (Å²) in [4.78, 5) is 21.3. The smallest absolute Gasteiger partial charge is 0.321 e. The molecule has 0 bridgehead atoms. The summed E-state index contributed by atoms with van der Waals surface area (Å²) in [6.07, 6.45) is 0.361. The lowest BCUT2D eigenvalue weighted by Crippen LogP contribution is -2.42. The fourth-order valence-corrected chi connectivity index (χ4v) is 0.891. The molecule has 6 heteroatoms. The molecule has 2 atom stereocenters. The third-order valence-corrected chi connectivity index (χ3v) is 1.66. The molecule has 0 radical (unpaired) electrons. The molecule has 0 spiro atoms. The largest absolute Gasteiger partial charge is 0.480 e. The van der Waals surface area contributed by atoms with E-state index in [1.165, 1.54) is 7.11 Å². The van der Waals surface area contributed by atoms with Crippen LogP contribution in [0.15, 0.2) is 0 Å². The molecule has 0 aliphatic rings. The minimum Gasteiger partial charge on any atom is -0.480 e. The number of carboxylic acids is 1. The van der Waals surface area contributed by atoms with E-state index < -0.39 is 23.9 Å². The Morgan fingerprint density at radius 3 is 2.23 bits per heavy atom. The van der Waals surface area contributed by atoms with E-state index in [9.17, 15) is 9.59 Å². The average molecular weight is 256 g/mol. The van der Waals surface area contributed by atoms with Gasteiger partial charge in [-0.25, -0.2) is 0 Å². The lowest BCUT2D eigenvalue weighted by atomic mass is 9.98. The summed E-state index contributed by atoms with van der Waals surface area (Å²) < 4.78 is 4.39. The summed E-state index contributed by atoms with van der Waals surface area (Å²) in [5.41, 5.74) is 5.25. The lowest BCUT2D eigenvalue weighted by molar-refractivity contribution is -0.152. The summed E-state index contributed by atoms with van der Waals surface area (Å²) >= 11 is 0. The lowest BCUT2D eigenvalue weighted by Gasteiger charge is -2.15. The molecule has 0 unspecified atom stereocenters. The zero-order valence-electron chi connectivity index (χ0n) is 7.52. The second-order valence-corrected chi connectivity index (χ2v) is 2.40. The second-order valence-electron chi connectivity index (χ2n) is 2.40. The van der Waals surface area contributed by atoms with Gasteiger partial charge in [0, 0.05) is 0 Å². The van der Waals surface area contributed by atoms with Gasteiger partial charge in [0.1, 0.15) is 6.04 Å². The maximum absolute atomic E-state index is 10.9. The van der Waals surface area contributed by atoms with Crippen LogP contribution in [0.25, 0.3) is 0 Å². The van der Waals surface area contributed by atoms with Gasteiger partial charge in [-0.1, -0.05) is 6.92 Å². The van der Waals surface area contributed by atoms with Crippen molar-refractivity contribution in [3.05, 3.63) is 0 Å². The van der Waals surface area contributed by atoms with Gasteiger partial charge in [0.2, 0.25) is 0 Å². The third-order valence-electron chi connectivity index (χ3n) is 1.66. The quantitative estimate of drug-likeness (QED) is 0.700. The first-order chi connectivity index (χ1) is 5.54. The van der Waals surface area contributed by atoms with Crippen LogP contribution in [-0.2, 0) is 14.3 Å². The van der Waals surface area contributed by atoms with Crippen LogP contribution >= 0.6 is 17.0 Å². The fourth-order valence-electron chi connectivity index (χ4n) is 0.891. The van der Waals surface area contributed by atoms with E-state index in [2.05, 4.69) is 4.74 Å². The van der Waals surface area contributed by atoms with Gasteiger partial charge in [-0.3, -0.25) is 9.59 Å². The minimum absolute atomic E-state index is 0. The summed E-state index contributed by atoms with van der Waals surface area (Å²) in [6, 6.07) is -1.18. The standard InChI is InChI=1S/C7H13NO4.BrH/c1-3-4(7(11)12-2)5(8)6(9)10;/h4-5H,3,8H2,1-2H3,(H,9,10);1H/t4-,5-;/m0./s1. The maximum Gasteiger partial charge on any atom is 0.321 e. The number of carbonyl (C=O) groups excluding carboxylic acids is 1. The Labute approximate surface area is 87.0 Å². The van der Waals surface area contributed by atoms with E-state index in [0.717, 1.165) is 0 Å². The van der Waals surface area contributed by atoms with Crippen LogP contribution in [0.4, 0.5) is 0 Å². The Kier molecular flexibility index (Phi) is 7.84. The molecule has 0 aromatic heterocycles. The van der Waals surface area contributed by atoms with Gasteiger partial charge in [0.15, 0.2) is 0 Å². The van der Waals surface area contributed by atoms with Crippen LogP contribution in [0, 0.1) is 5.92 Å². The van der Waals surface area contributed by atoms with E-state index in [0.29, 0.717) is 6.42 Å². The topological polar surface area (TPSA) is 89.6 Å². The predicted molar refractivity (Wildman–Crippen MR) is 51.7 cm³/mol. The maximum atomic E-state index is 10.9. The molecule has 78 valence electrons. The summed E-state index contributed by atoms with van der Waals surface area (Å²) in [5, 5.41) is 8.50. The molecular formula is C7H14BrNO4. The molecular weight excluding hydrogens is 242 g/mol. The molecule has 13 heavy (non-hydrogen) atoms. The van der Waals surface area contributed by atoms with Crippen molar-refractivity contribution < 1.29 is 19.4 Å². The van der Waals surface area contributed by atoms with Gasteiger partial charge in [-0.15, -0.1) is 17.0 Å². The summed E-state index contributed by atoms with van der Waals surface area (Å²) in [5.74, 6) is -2.52. The number of carboxylic acid groups (broad SMARTS) is 1. The number of methoxy groups -OCH3 is 1. The highest BCUT2D eigenvalue weighted by Gasteiger charge is 2.29.